The molecule has 0 N–H and O–H groups in total. The quantitative estimate of drug-likeness (QED) is 0.149. The van der Waals surface area contributed by atoms with Gasteiger partial charge < -0.3 is 9.30 Å². The molecule has 9 aromatic rings. The predicted octanol–water partition coefficient (Wildman–Crippen LogP) is 13.3. The van der Waals surface area contributed by atoms with E-state index in [1.807, 2.05) is 16.9 Å². The Balaban J connectivity index is 0.00000499. The maximum absolute atomic E-state index is 6.68. The predicted molar refractivity (Wildman–Crippen MR) is 241 cm³/mol. The average molecular weight is 965 g/mol. The van der Waals surface area contributed by atoms with Gasteiger partial charge in [0.2, 0.25) is 0 Å². The van der Waals surface area contributed by atoms with Crippen molar-refractivity contribution in [1.29, 1.82) is 0 Å². The van der Waals surface area contributed by atoms with E-state index in [0.29, 0.717) is 17.3 Å². The maximum Gasteiger partial charge on any atom is 2.00 e. The van der Waals surface area contributed by atoms with Crippen LogP contribution in [0.3, 0.4) is 0 Å². The Bertz CT molecular complexity index is 3030. The Hall–Kier alpha value is -6.10. The van der Waals surface area contributed by atoms with Crippen LogP contribution in [0.15, 0.2) is 122 Å². The number of pyridine rings is 1. The molecule has 60 heavy (non-hydrogen) atoms. The summed E-state index contributed by atoms with van der Waals surface area (Å²) in [6, 6.07) is 45.6. The van der Waals surface area contributed by atoms with Crippen molar-refractivity contribution < 1.29 is 25.8 Å². The Kier molecular flexibility index (Phi) is 10.7. The summed E-state index contributed by atoms with van der Waals surface area (Å²) in [6.07, 6.45) is 3.69. The largest absolute Gasteiger partial charge is 2.00 e. The molecule has 0 fully saturated rings. The van der Waals surface area contributed by atoms with Crippen molar-refractivity contribution in [2.24, 2.45) is 0 Å². The van der Waals surface area contributed by atoms with Crippen LogP contribution in [0.2, 0.25) is 0 Å². The second kappa shape index (κ2) is 15.8. The van der Waals surface area contributed by atoms with Crippen molar-refractivity contribution in [3.63, 3.8) is 0 Å². The molecule has 0 radical (unpaired) electrons. The number of fused-ring (bicyclic) bond motifs is 3. The van der Waals surface area contributed by atoms with Crippen molar-refractivity contribution in [3.8, 4) is 56.6 Å². The number of aromatic nitrogens is 5. The van der Waals surface area contributed by atoms with Crippen LogP contribution < -0.4 is 4.74 Å². The van der Waals surface area contributed by atoms with Crippen molar-refractivity contribution in [2.75, 3.05) is 0 Å². The van der Waals surface area contributed by atoms with Gasteiger partial charge in [0.15, 0.2) is 0 Å². The number of rotatable bonds is 7. The van der Waals surface area contributed by atoms with Crippen LogP contribution in [-0.2, 0) is 26.5 Å². The Morgan fingerprint density at radius 2 is 1.25 bits per heavy atom. The molecule has 9 rings (SSSR count). The fraction of sp³-hybridized carbons (Fsp3) is 0.189. The fourth-order valence-corrected chi connectivity index (χ4v) is 8.63. The van der Waals surface area contributed by atoms with Gasteiger partial charge in [-0.3, -0.25) is 4.98 Å². The molecule has 0 saturated carbocycles. The van der Waals surface area contributed by atoms with E-state index in [4.69, 9.17) is 19.8 Å². The van der Waals surface area contributed by atoms with Gasteiger partial charge in [0.1, 0.15) is 12.1 Å². The van der Waals surface area contributed by atoms with Gasteiger partial charge in [0.05, 0.1) is 11.5 Å². The molecule has 0 unspecified atom stereocenters. The maximum atomic E-state index is 6.68. The van der Waals surface area contributed by atoms with Crippen molar-refractivity contribution in [1.82, 2.24) is 24.3 Å². The standard InChI is InChI=1S/C53H47N5O.Pt/c1-32-14-12-15-33(2)49(32)39-24-36(5)50(37(6)25-39)38-22-23-54-48(28-38)58-46-19-11-10-18-44(46)45-21-20-42(30-47(45)58)59-43-27-40(26-41(29-43)53(7,8)9)52-55-31-57(56-52)51-34(3)16-13-17-35(51)4;/h10-26,28-29,31H,1-9H3;/q-2;+2. The molecule has 0 atom stereocenters. The molecule has 7 heteroatoms. The van der Waals surface area contributed by atoms with Gasteiger partial charge in [-0.15, -0.1) is 34.7 Å². The fourth-order valence-electron chi connectivity index (χ4n) is 8.63. The van der Waals surface area contributed by atoms with Crippen LogP contribution in [0, 0.1) is 53.7 Å². The van der Waals surface area contributed by atoms with E-state index in [2.05, 4.69) is 182 Å². The van der Waals surface area contributed by atoms with Crippen LogP contribution in [0.4, 0.5) is 0 Å². The molecule has 0 aliphatic rings. The minimum absolute atomic E-state index is 0. The van der Waals surface area contributed by atoms with Crippen LogP contribution in [0.1, 0.15) is 59.7 Å². The van der Waals surface area contributed by atoms with Crippen LogP contribution in [0.25, 0.3) is 67.0 Å². The van der Waals surface area contributed by atoms with Gasteiger partial charge in [-0.1, -0.05) is 105 Å². The molecule has 0 bridgehead atoms. The Labute approximate surface area is 367 Å². The summed E-state index contributed by atoms with van der Waals surface area (Å²) in [6.45, 7) is 19.6. The molecular weight excluding hydrogens is 918 g/mol. The summed E-state index contributed by atoms with van der Waals surface area (Å²) < 4.78 is 10.7. The zero-order chi connectivity index (χ0) is 41.2. The molecular formula is C53H47N5OPt. The monoisotopic (exact) mass is 964 g/mol. The third-order valence-electron chi connectivity index (χ3n) is 11.5. The molecule has 300 valence electrons. The first-order valence-corrected chi connectivity index (χ1v) is 20.2. The van der Waals surface area contributed by atoms with Crippen LogP contribution in [-0.4, -0.2) is 24.3 Å². The molecule has 0 aliphatic heterocycles. The third-order valence-corrected chi connectivity index (χ3v) is 11.5. The molecule has 6 aromatic carbocycles. The summed E-state index contributed by atoms with van der Waals surface area (Å²) in [5.41, 5.74) is 16.8. The zero-order valence-electron chi connectivity index (χ0n) is 35.5. The summed E-state index contributed by atoms with van der Waals surface area (Å²) in [5.74, 6) is 2.55. The Morgan fingerprint density at radius 3 is 1.95 bits per heavy atom. The minimum Gasteiger partial charge on any atom is -0.503 e. The topological polar surface area (TPSA) is 57.8 Å². The van der Waals surface area contributed by atoms with Crippen molar-refractivity contribution >= 4 is 21.8 Å². The van der Waals surface area contributed by atoms with Gasteiger partial charge >= 0.3 is 21.1 Å². The molecule has 0 amide bonds. The summed E-state index contributed by atoms with van der Waals surface area (Å²) in [4.78, 5) is 9.71. The summed E-state index contributed by atoms with van der Waals surface area (Å²) in [7, 11) is 0. The summed E-state index contributed by atoms with van der Waals surface area (Å²) >= 11 is 0. The van der Waals surface area contributed by atoms with Gasteiger partial charge in [-0.25, -0.2) is 9.67 Å². The number of aryl methyl sites for hydroxylation is 6. The molecule has 3 aromatic heterocycles. The number of ether oxygens (including phenoxy) is 1. The van der Waals surface area contributed by atoms with E-state index < -0.39 is 0 Å². The first kappa shape index (κ1) is 40.7. The summed E-state index contributed by atoms with van der Waals surface area (Å²) in [5, 5.41) is 7.11. The number of hydrogen-bond donors (Lipinski definition) is 0. The zero-order valence-corrected chi connectivity index (χ0v) is 37.8. The van der Waals surface area contributed by atoms with Gasteiger partial charge in [0, 0.05) is 23.2 Å². The minimum atomic E-state index is -0.162. The molecule has 3 heterocycles. The number of benzene rings is 6. The normalized spacial score (nSPS) is 11.6. The van der Waals surface area contributed by atoms with E-state index in [1.165, 1.54) is 38.9 Å². The average Bonchev–Trinajstić information content (AvgIpc) is 3.80. The SMILES string of the molecule is Cc1cccc(C)c1-c1cc(C)c(-c2ccnc(-n3c4[c-]c(Oc5[c-]c(-c6ncn(-c7c(C)cccc7C)n6)cc(C(C)(C)C)c5)ccc4c4ccccc43)c2)c(C)c1.[Pt+2]. The van der Waals surface area contributed by atoms with Crippen LogP contribution >= 0.6 is 0 Å². The van der Waals surface area contributed by atoms with E-state index >= 15 is 0 Å². The molecule has 0 saturated heterocycles. The molecule has 6 nitrogen and oxygen atoms in total. The van der Waals surface area contributed by atoms with E-state index in [0.717, 1.165) is 61.1 Å². The first-order valence-electron chi connectivity index (χ1n) is 20.2. The van der Waals surface area contributed by atoms with Gasteiger partial charge in [-0.05, 0) is 126 Å². The molecule has 0 aliphatic carbocycles. The van der Waals surface area contributed by atoms with Gasteiger partial charge in [0.25, 0.3) is 0 Å². The smallest absolute Gasteiger partial charge is 0.503 e. The second-order valence-corrected chi connectivity index (χ2v) is 16.8. The van der Waals surface area contributed by atoms with Crippen LogP contribution in [0.5, 0.6) is 11.5 Å². The first-order chi connectivity index (χ1) is 28.3. The van der Waals surface area contributed by atoms with Crippen molar-refractivity contribution in [3.05, 3.63) is 173 Å². The number of hydrogen-bond acceptors (Lipinski definition) is 4. The van der Waals surface area contributed by atoms with Crippen molar-refractivity contribution in [2.45, 2.75) is 67.7 Å². The van der Waals surface area contributed by atoms with E-state index in [1.54, 1.807) is 6.33 Å². The van der Waals surface area contributed by atoms with Gasteiger partial charge in [-0.2, -0.15) is 11.2 Å². The number of nitrogens with zero attached hydrogens (tertiary/aromatic N) is 5. The third kappa shape index (κ3) is 7.39. The Morgan fingerprint density at radius 1 is 0.583 bits per heavy atom. The van der Waals surface area contributed by atoms with E-state index in [9.17, 15) is 0 Å². The number of para-hydroxylation sites is 2. The second-order valence-electron chi connectivity index (χ2n) is 16.8. The molecule has 0 spiro atoms. The van der Waals surface area contributed by atoms with E-state index in [-0.39, 0.29) is 26.5 Å².